The summed E-state index contributed by atoms with van der Waals surface area (Å²) in [7, 11) is 0. The van der Waals surface area contributed by atoms with Crippen LogP contribution < -0.4 is 0 Å². The molecule has 0 aromatic rings. The van der Waals surface area contributed by atoms with E-state index in [0.717, 1.165) is 5.57 Å². The summed E-state index contributed by atoms with van der Waals surface area (Å²) in [6.45, 7) is 6.60. The molecule has 0 saturated carbocycles. The smallest absolute Gasteiger partial charge is 0.303 e. The van der Waals surface area contributed by atoms with E-state index in [9.17, 15) is 9.59 Å². The maximum atomic E-state index is 11.0. The molecule has 1 atom stereocenters. The van der Waals surface area contributed by atoms with Crippen LogP contribution in [0.15, 0.2) is 11.6 Å². The third-order valence-corrected chi connectivity index (χ3v) is 1.50. The van der Waals surface area contributed by atoms with Gasteiger partial charge in [-0.15, -0.1) is 0 Å². The minimum Gasteiger partial charge on any atom is -0.454 e. The Balaban J connectivity index is 4.19. The summed E-state index contributed by atoms with van der Waals surface area (Å²) in [5.74, 6) is -0.532. The van der Waals surface area contributed by atoms with Crippen LogP contribution in [0.2, 0.25) is 0 Å². The van der Waals surface area contributed by atoms with Gasteiger partial charge in [-0.05, 0) is 20.8 Å². The number of rotatable bonds is 4. The molecular weight excluding hydrogens is 168 g/mol. The van der Waals surface area contributed by atoms with Crippen LogP contribution in [0.3, 0.4) is 0 Å². The highest BCUT2D eigenvalue weighted by molar-refractivity contribution is 5.83. The van der Waals surface area contributed by atoms with Crippen molar-refractivity contribution in [2.45, 2.75) is 40.2 Å². The van der Waals surface area contributed by atoms with Crippen LogP contribution in [0, 0.1) is 0 Å². The molecule has 74 valence electrons. The molecule has 0 spiro atoms. The number of carbonyl (C=O) groups excluding carboxylic acids is 2. The Kier molecular flexibility index (Phi) is 5.04. The minimum absolute atomic E-state index is 0.118. The van der Waals surface area contributed by atoms with Crippen LogP contribution in [0.5, 0.6) is 0 Å². The van der Waals surface area contributed by atoms with Gasteiger partial charge in [-0.1, -0.05) is 11.6 Å². The van der Waals surface area contributed by atoms with Gasteiger partial charge in [-0.2, -0.15) is 0 Å². The molecule has 0 heterocycles. The summed E-state index contributed by atoms with van der Waals surface area (Å²) in [6, 6.07) is 0. The molecule has 3 heteroatoms. The number of hydrogen-bond donors (Lipinski definition) is 0. The van der Waals surface area contributed by atoms with Gasteiger partial charge in [-0.3, -0.25) is 9.59 Å². The Hall–Kier alpha value is -1.12. The number of hydrogen-bond acceptors (Lipinski definition) is 3. The third kappa shape index (κ3) is 6.08. The summed E-state index contributed by atoms with van der Waals surface area (Å²) >= 11 is 0. The predicted octanol–water partition coefficient (Wildman–Crippen LogP) is 1.86. The molecule has 3 nitrogen and oxygen atoms in total. The van der Waals surface area contributed by atoms with Crippen molar-refractivity contribution in [1.82, 2.24) is 0 Å². The summed E-state index contributed by atoms with van der Waals surface area (Å²) in [5, 5.41) is 0. The zero-order chi connectivity index (χ0) is 10.4. The maximum absolute atomic E-state index is 11.0. The van der Waals surface area contributed by atoms with Crippen LogP contribution in [0.25, 0.3) is 0 Å². The van der Waals surface area contributed by atoms with E-state index in [-0.39, 0.29) is 5.78 Å². The Morgan fingerprint density at radius 1 is 1.23 bits per heavy atom. The van der Waals surface area contributed by atoms with Gasteiger partial charge >= 0.3 is 5.97 Å². The lowest BCUT2D eigenvalue weighted by Gasteiger charge is -2.11. The minimum atomic E-state index is -0.618. The summed E-state index contributed by atoms with van der Waals surface area (Å²) in [4.78, 5) is 21.6. The molecule has 0 aromatic heterocycles. The molecule has 0 fully saturated rings. The van der Waals surface area contributed by atoms with Gasteiger partial charge in [0.15, 0.2) is 11.9 Å². The third-order valence-electron chi connectivity index (χ3n) is 1.50. The van der Waals surface area contributed by atoms with Crippen LogP contribution in [-0.4, -0.2) is 17.9 Å². The highest BCUT2D eigenvalue weighted by atomic mass is 16.5. The zero-order valence-electron chi connectivity index (χ0n) is 8.59. The Labute approximate surface area is 78.8 Å². The molecule has 0 amide bonds. The van der Waals surface area contributed by atoms with Gasteiger partial charge in [0.1, 0.15) is 0 Å². The van der Waals surface area contributed by atoms with E-state index in [1.54, 1.807) is 0 Å². The average molecular weight is 184 g/mol. The lowest BCUT2D eigenvalue weighted by Crippen LogP contribution is -2.23. The standard InChI is InChI=1S/C10H16O3/c1-7(2)5-6-10(8(3)11)13-9(4)12/h5,10H,6H2,1-4H3. The van der Waals surface area contributed by atoms with E-state index in [4.69, 9.17) is 4.74 Å². The fraction of sp³-hybridized carbons (Fsp3) is 0.600. The first-order chi connectivity index (χ1) is 5.93. The molecule has 0 saturated heterocycles. The van der Waals surface area contributed by atoms with Crippen molar-refractivity contribution >= 4 is 11.8 Å². The summed E-state index contributed by atoms with van der Waals surface area (Å²) < 4.78 is 4.83. The van der Waals surface area contributed by atoms with E-state index < -0.39 is 12.1 Å². The van der Waals surface area contributed by atoms with Gasteiger partial charge in [0.25, 0.3) is 0 Å². The second-order valence-electron chi connectivity index (χ2n) is 3.23. The Bertz CT molecular complexity index is 224. The fourth-order valence-electron chi connectivity index (χ4n) is 0.840. The monoisotopic (exact) mass is 184 g/mol. The second kappa shape index (κ2) is 5.51. The maximum Gasteiger partial charge on any atom is 0.303 e. The topological polar surface area (TPSA) is 43.4 Å². The number of carbonyl (C=O) groups is 2. The average Bonchev–Trinajstić information content (AvgIpc) is 1.96. The number of ether oxygens (including phenoxy) is 1. The zero-order valence-corrected chi connectivity index (χ0v) is 8.59. The van der Waals surface area contributed by atoms with Crippen LogP contribution in [0.1, 0.15) is 34.1 Å². The van der Waals surface area contributed by atoms with Crippen molar-refractivity contribution in [2.24, 2.45) is 0 Å². The first kappa shape index (κ1) is 11.9. The highest BCUT2D eigenvalue weighted by Crippen LogP contribution is 2.04. The van der Waals surface area contributed by atoms with E-state index in [2.05, 4.69) is 0 Å². The normalized spacial score (nSPS) is 11.7. The molecule has 0 aliphatic carbocycles. The molecule has 0 aliphatic heterocycles. The molecule has 0 rings (SSSR count). The molecule has 0 aliphatic rings. The quantitative estimate of drug-likeness (QED) is 0.494. The Morgan fingerprint density at radius 2 is 1.77 bits per heavy atom. The summed E-state index contributed by atoms with van der Waals surface area (Å²) in [6.07, 6.45) is 1.74. The van der Waals surface area contributed by atoms with Gasteiger partial charge in [-0.25, -0.2) is 0 Å². The van der Waals surface area contributed by atoms with Crippen molar-refractivity contribution in [3.05, 3.63) is 11.6 Å². The number of esters is 1. The van der Waals surface area contributed by atoms with E-state index in [0.29, 0.717) is 6.42 Å². The molecule has 13 heavy (non-hydrogen) atoms. The summed E-state index contributed by atoms with van der Waals surface area (Å²) in [5.41, 5.74) is 1.11. The molecule has 1 unspecified atom stereocenters. The van der Waals surface area contributed by atoms with E-state index >= 15 is 0 Å². The van der Waals surface area contributed by atoms with Crippen molar-refractivity contribution in [3.63, 3.8) is 0 Å². The van der Waals surface area contributed by atoms with Crippen molar-refractivity contribution in [1.29, 1.82) is 0 Å². The Morgan fingerprint density at radius 3 is 2.08 bits per heavy atom. The lowest BCUT2D eigenvalue weighted by atomic mass is 10.1. The van der Waals surface area contributed by atoms with Crippen molar-refractivity contribution in [2.75, 3.05) is 0 Å². The van der Waals surface area contributed by atoms with Gasteiger partial charge in [0, 0.05) is 13.3 Å². The van der Waals surface area contributed by atoms with Crippen LogP contribution >= 0.6 is 0 Å². The van der Waals surface area contributed by atoms with Gasteiger partial charge < -0.3 is 4.74 Å². The number of Topliss-reactive ketones (excluding diaryl/α,β-unsaturated/α-hetero) is 1. The largest absolute Gasteiger partial charge is 0.454 e. The van der Waals surface area contributed by atoms with Gasteiger partial charge in [0.05, 0.1) is 0 Å². The van der Waals surface area contributed by atoms with Crippen molar-refractivity contribution < 1.29 is 14.3 Å². The molecular formula is C10H16O3. The fourth-order valence-corrected chi connectivity index (χ4v) is 0.840. The lowest BCUT2D eigenvalue weighted by molar-refractivity contribution is -0.152. The van der Waals surface area contributed by atoms with Crippen molar-refractivity contribution in [3.8, 4) is 0 Å². The second-order valence-corrected chi connectivity index (χ2v) is 3.23. The SMILES string of the molecule is CC(=O)OC(CC=C(C)C)C(C)=O. The van der Waals surface area contributed by atoms with E-state index in [1.807, 2.05) is 19.9 Å². The predicted molar refractivity (Wildman–Crippen MR) is 50.3 cm³/mol. The first-order valence-electron chi connectivity index (χ1n) is 4.24. The van der Waals surface area contributed by atoms with Crippen LogP contribution in [-0.2, 0) is 14.3 Å². The number of ketones is 1. The molecule has 0 aromatic carbocycles. The van der Waals surface area contributed by atoms with E-state index in [1.165, 1.54) is 13.8 Å². The molecule has 0 N–H and O–H groups in total. The molecule has 0 radical (unpaired) electrons. The van der Waals surface area contributed by atoms with Gasteiger partial charge in [0.2, 0.25) is 0 Å². The highest BCUT2D eigenvalue weighted by Gasteiger charge is 2.15. The molecule has 0 bridgehead atoms. The first-order valence-corrected chi connectivity index (χ1v) is 4.24. The number of allylic oxidation sites excluding steroid dienone is 1. The van der Waals surface area contributed by atoms with Crippen LogP contribution in [0.4, 0.5) is 0 Å².